The Balaban J connectivity index is 1.89. The molecule has 0 spiro atoms. The zero-order chi connectivity index (χ0) is 14.8. The largest absolute Gasteiger partial charge is 0.507 e. The number of halogens is 2. The Kier molecular flexibility index (Phi) is 3.99. The highest BCUT2D eigenvalue weighted by Crippen LogP contribution is 2.28. The van der Waals surface area contributed by atoms with E-state index in [4.69, 9.17) is 11.6 Å². The number of anilines is 1. The molecule has 2 aromatic carbocycles. The van der Waals surface area contributed by atoms with E-state index in [2.05, 4.69) is 26.2 Å². The minimum atomic E-state index is 0.230. The van der Waals surface area contributed by atoms with Crippen molar-refractivity contribution in [2.45, 2.75) is 6.54 Å². The molecular formula is C16H12BrClN2O. The van der Waals surface area contributed by atoms with Crippen LogP contribution in [-0.2, 0) is 6.54 Å². The average Bonchev–Trinajstić information content (AvgIpc) is 2.48. The minimum Gasteiger partial charge on any atom is -0.507 e. The Labute approximate surface area is 135 Å². The zero-order valence-corrected chi connectivity index (χ0v) is 13.3. The normalized spacial score (nSPS) is 10.8. The summed E-state index contributed by atoms with van der Waals surface area (Å²) in [6.07, 6.45) is 1.76. The molecule has 0 aliphatic heterocycles. The van der Waals surface area contributed by atoms with E-state index in [-0.39, 0.29) is 5.75 Å². The van der Waals surface area contributed by atoms with E-state index < -0.39 is 0 Å². The van der Waals surface area contributed by atoms with Crippen molar-refractivity contribution in [3.63, 3.8) is 0 Å². The van der Waals surface area contributed by atoms with E-state index in [1.165, 1.54) is 0 Å². The van der Waals surface area contributed by atoms with E-state index in [1.807, 2.05) is 36.4 Å². The Morgan fingerprint density at radius 3 is 2.86 bits per heavy atom. The van der Waals surface area contributed by atoms with Crippen LogP contribution >= 0.6 is 27.5 Å². The second-order valence-electron chi connectivity index (χ2n) is 4.67. The third-order valence-electron chi connectivity index (χ3n) is 3.16. The summed E-state index contributed by atoms with van der Waals surface area (Å²) in [7, 11) is 0. The SMILES string of the molecule is Oc1ccc(CNc2cc(Cl)cc3cccnc23)cc1Br. The molecule has 106 valence electrons. The van der Waals surface area contributed by atoms with Crippen LogP contribution in [0.3, 0.4) is 0 Å². The molecule has 3 nitrogen and oxygen atoms in total. The van der Waals surface area contributed by atoms with Crippen LogP contribution in [0.4, 0.5) is 5.69 Å². The van der Waals surface area contributed by atoms with Crippen LogP contribution in [0.5, 0.6) is 5.75 Å². The highest BCUT2D eigenvalue weighted by molar-refractivity contribution is 9.10. The van der Waals surface area contributed by atoms with E-state index in [9.17, 15) is 5.11 Å². The predicted molar refractivity (Wildman–Crippen MR) is 89.9 cm³/mol. The van der Waals surface area contributed by atoms with E-state index in [0.717, 1.165) is 22.2 Å². The summed E-state index contributed by atoms with van der Waals surface area (Å²) in [5.74, 6) is 0.230. The summed E-state index contributed by atoms with van der Waals surface area (Å²) >= 11 is 9.46. The number of rotatable bonds is 3. The molecular weight excluding hydrogens is 352 g/mol. The van der Waals surface area contributed by atoms with Crippen molar-refractivity contribution in [1.82, 2.24) is 4.98 Å². The van der Waals surface area contributed by atoms with Gasteiger partial charge in [0.25, 0.3) is 0 Å². The number of benzene rings is 2. The summed E-state index contributed by atoms with van der Waals surface area (Å²) in [4.78, 5) is 4.40. The third kappa shape index (κ3) is 3.12. The van der Waals surface area contributed by atoms with Gasteiger partial charge in [-0.2, -0.15) is 0 Å². The monoisotopic (exact) mass is 362 g/mol. The number of hydrogen-bond donors (Lipinski definition) is 2. The first-order chi connectivity index (χ1) is 10.1. The lowest BCUT2D eigenvalue weighted by atomic mass is 10.1. The fourth-order valence-corrected chi connectivity index (χ4v) is 2.80. The van der Waals surface area contributed by atoms with Crippen LogP contribution in [0.25, 0.3) is 10.9 Å². The molecule has 0 atom stereocenters. The van der Waals surface area contributed by atoms with Crippen molar-refractivity contribution in [2.24, 2.45) is 0 Å². The molecule has 3 rings (SSSR count). The van der Waals surface area contributed by atoms with Crippen LogP contribution in [0, 0.1) is 0 Å². The molecule has 0 unspecified atom stereocenters. The van der Waals surface area contributed by atoms with Gasteiger partial charge in [-0.1, -0.05) is 23.7 Å². The number of phenolic OH excluding ortho intramolecular Hbond substituents is 1. The maximum atomic E-state index is 9.51. The van der Waals surface area contributed by atoms with Gasteiger partial charge >= 0.3 is 0 Å². The number of aromatic hydroxyl groups is 1. The Morgan fingerprint density at radius 2 is 2.05 bits per heavy atom. The van der Waals surface area contributed by atoms with Crippen LogP contribution < -0.4 is 5.32 Å². The van der Waals surface area contributed by atoms with Crippen LogP contribution in [-0.4, -0.2) is 10.1 Å². The first kappa shape index (κ1) is 14.2. The molecule has 0 radical (unpaired) electrons. The number of hydrogen-bond acceptors (Lipinski definition) is 3. The molecule has 2 N–H and O–H groups in total. The first-order valence-corrected chi connectivity index (χ1v) is 7.56. The van der Waals surface area contributed by atoms with Gasteiger partial charge in [-0.25, -0.2) is 0 Å². The van der Waals surface area contributed by atoms with E-state index in [0.29, 0.717) is 16.0 Å². The summed E-state index contributed by atoms with van der Waals surface area (Å²) in [6.45, 7) is 0.616. The minimum absolute atomic E-state index is 0.230. The highest BCUT2D eigenvalue weighted by atomic mass is 79.9. The van der Waals surface area contributed by atoms with Crippen LogP contribution in [0.15, 0.2) is 53.1 Å². The molecule has 0 saturated heterocycles. The molecule has 1 aromatic heterocycles. The maximum absolute atomic E-state index is 9.51. The molecule has 5 heteroatoms. The van der Waals surface area contributed by atoms with Gasteiger partial charge < -0.3 is 10.4 Å². The summed E-state index contributed by atoms with van der Waals surface area (Å²) in [5, 5.41) is 14.5. The first-order valence-electron chi connectivity index (χ1n) is 6.39. The van der Waals surface area contributed by atoms with Gasteiger partial charge in [0.15, 0.2) is 0 Å². The van der Waals surface area contributed by atoms with Crippen molar-refractivity contribution in [1.29, 1.82) is 0 Å². The lowest BCUT2D eigenvalue weighted by molar-refractivity contribution is 0.471. The number of nitrogens with zero attached hydrogens (tertiary/aromatic N) is 1. The van der Waals surface area contributed by atoms with Gasteiger partial charge in [-0.3, -0.25) is 4.98 Å². The molecule has 0 aliphatic carbocycles. The number of pyridine rings is 1. The molecule has 0 aliphatic rings. The second kappa shape index (κ2) is 5.92. The molecule has 0 saturated carbocycles. The van der Waals surface area contributed by atoms with Crippen molar-refractivity contribution in [2.75, 3.05) is 5.32 Å². The Bertz CT molecular complexity index is 807. The summed E-state index contributed by atoms with van der Waals surface area (Å²) in [5.41, 5.74) is 2.82. The predicted octanol–water partition coefficient (Wildman–Crippen LogP) is 4.97. The molecule has 21 heavy (non-hydrogen) atoms. The van der Waals surface area contributed by atoms with Crippen molar-refractivity contribution < 1.29 is 5.11 Å². The zero-order valence-electron chi connectivity index (χ0n) is 11.0. The summed E-state index contributed by atoms with van der Waals surface area (Å²) < 4.78 is 0.677. The van der Waals surface area contributed by atoms with Gasteiger partial charge in [-0.05, 0) is 51.8 Å². The molecule has 0 amide bonds. The Morgan fingerprint density at radius 1 is 1.19 bits per heavy atom. The van der Waals surface area contributed by atoms with Gasteiger partial charge in [-0.15, -0.1) is 0 Å². The highest BCUT2D eigenvalue weighted by Gasteiger charge is 2.05. The maximum Gasteiger partial charge on any atom is 0.129 e. The molecule has 1 heterocycles. The van der Waals surface area contributed by atoms with E-state index in [1.54, 1.807) is 12.3 Å². The van der Waals surface area contributed by atoms with Crippen molar-refractivity contribution >= 4 is 44.1 Å². The molecule has 0 bridgehead atoms. The summed E-state index contributed by atoms with van der Waals surface area (Å²) in [6, 6.07) is 13.0. The fourth-order valence-electron chi connectivity index (χ4n) is 2.15. The van der Waals surface area contributed by atoms with Crippen molar-refractivity contribution in [3.05, 3.63) is 63.7 Å². The molecule has 0 fully saturated rings. The standard InChI is InChI=1S/C16H12BrClN2O/c17-13-6-10(3-4-15(13)21)9-20-14-8-12(18)7-11-2-1-5-19-16(11)14/h1-8,20-21H,9H2. The lowest BCUT2D eigenvalue weighted by Crippen LogP contribution is -2.00. The third-order valence-corrected chi connectivity index (χ3v) is 4.02. The van der Waals surface area contributed by atoms with Crippen LogP contribution in [0.1, 0.15) is 5.56 Å². The van der Waals surface area contributed by atoms with Crippen LogP contribution in [0.2, 0.25) is 5.02 Å². The van der Waals surface area contributed by atoms with E-state index >= 15 is 0 Å². The topological polar surface area (TPSA) is 45.1 Å². The van der Waals surface area contributed by atoms with Gasteiger partial charge in [0, 0.05) is 23.2 Å². The fraction of sp³-hybridized carbons (Fsp3) is 0.0625. The number of phenols is 1. The lowest BCUT2D eigenvalue weighted by Gasteiger charge is -2.10. The molecule has 3 aromatic rings. The second-order valence-corrected chi connectivity index (χ2v) is 5.96. The van der Waals surface area contributed by atoms with Gasteiger partial charge in [0.05, 0.1) is 15.7 Å². The number of aromatic nitrogens is 1. The van der Waals surface area contributed by atoms with Gasteiger partial charge in [0.2, 0.25) is 0 Å². The number of fused-ring (bicyclic) bond motifs is 1. The van der Waals surface area contributed by atoms with Crippen molar-refractivity contribution in [3.8, 4) is 5.75 Å². The average molecular weight is 364 g/mol. The van der Waals surface area contributed by atoms with Gasteiger partial charge in [0.1, 0.15) is 5.75 Å². The Hall–Kier alpha value is -1.78. The smallest absolute Gasteiger partial charge is 0.129 e. The quantitative estimate of drug-likeness (QED) is 0.690. The number of nitrogens with one attached hydrogen (secondary N) is 1.